The van der Waals surface area contributed by atoms with E-state index in [1.807, 2.05) is 0 Å². The van der Waals surface area contributed by atoms with Crippen molar-refractivity contribution >= 4 is 10.1 Å². The highest BCUT2D eigenvalue weighted by molar-refractivity contribution is 7.88. The van der Waals surface area contributed by atoms with Crippen molar-refractivity contribution in [2.75, 3.05) is 0 Å². The summed E-state index contributed by atoms with van der Waals surface area (Å²) in [6.07, 6.45) is 0. The van der Waals surface area contributed by atoms with Crippen molar-refractivity contribution in [3.8, 4) is 0 Å². The van der Waals surface area contributed by atoms with E-state index in [0.29, 0.717) is 5.56 Å². The quantitative estimate of drug-likeness (QED) is 0.535. The highest BCUT2D eigenvalue weighted by atomic mass is 32.2. The van der Waals surface area contributed by atoms with Crippen LogP contribution in [0, 0.1) is 5.75 Å². The summed E-state index contributed by atoms with van der Waals surface area (Å²) in [5.41, 5.74) is 0.468. The second-order valence-corrected chi connectivity index (χ2v) is 3.31. The topological polar surface area (TPSA) is 54.4 Å². The van der Waals surface area contributed by atoms with E-state index >= 15 is 0 Å². The predicted molar refractivity (Wildman–Crippen MR) is 41.4 cm³/mol. The van der Waals surface area contributed by atoms with Crippen LogP contribution >= 0.6 is 0 Å². The van der Waals surface area contributed by atoms with Crippen LogP contribution in [-0.2, 0) is 10.1 Å². The summed E-state index contributed by atoms with van der Waals surface area (Å²) in [4.78, 5) is 0. The van der Waals surface area contributed by atoms with Gasteiger partial charge in [0.1, 0.15) is 5.56 Å². The third-order valence-electron chi connectivity index (χ3n) is 1.08. The zero-order valence-corrected chi connectivity index (χ0v) is 6.45. The molecule has 0 unspecified atom stereocenters. The fourth-order valence-corrected chi connectivity index (χ4v) is 1.20. The minimum atomic E-state index is -4.00. The third kappa shape index (κ3) is 3.06. The van der Waals surface area contributed by atoms with Gasteiger partial charge in [-0.2, -0.15) is 8.42 Å². The molecule has 0 aliphatic carbocycles. The summed E-state index contributed by atoms with van der Waals surface area (Å²) < 4.78 is 29.0. The molecule has 0 bridgehead atoms. The molecule has 0 aromatic heterocycles. The average Bonchev–Trinajstić information content (AvgIpc) is 1.85. The molecule has 0 aliphatic heterocycles. The molecule has 1 N–H and O–H groups in total. The summed E-state index contributed by atoms with van der Waals surface area (Å²) in [6, 6.07) is 8.33. The van der Waals surface area contributed by atoms with Gasteiger partial charge in [0.15, 0.2) is 5.75 Å². The molecule has 0 spiro atoms. The van der Waals surface area contributed by atoms with Crippen LogP contribution in [0.4, 0.5) is 0 Å². The maximum absolute atomic E-state index is 10.3. The second kappa shape index (κ2) is 2.94. The highest BCUT2D eigenvalue weighted by Gasteiger charge is 2.12. The van der Waals surface area contributed by atoms with Crippen LogP contribution in [0.2, 0.25) is 0 Å². The van der Waals surface area contributed by atoms with Crippen molar-refractivity contribution in [1.29, 1.82) is 0 Å². The van der Waals surface area contributed by atoms with E-state index in [0.717, 1.165) is 5.75 Å². The molecule has 1 aromatic rings. The summed E-state index contributed by atoms with van der Waals surface area (Å²) in [6.45, 7) is 0. The Morgan fingerprint density at radius 3 is 2.18 bits per heavy atom. The van der Waals surface area contributed by atoms with Gasteiger partial charge in [-0.15, -0.1) is 0 Å². The van der Waals surface area contributed by atoms with Crippen LogP contribution in [0.1, 0.15) is 5.56 Å². The van der Waals surface area contributed by atoms with E-state index in [-0.39, 0.29) is 0 Å². The van der Waals surface area contributed by atoms with Gasteiger partial charge in [0.05, 0.1) is 0 Å². The van der Waals surface area contributed by atoms with Crippen molar-refractivity contribution in [2.45, 2.75) is 0 Å². The summed E-state index contributed by atoms with van der Waals surface area (Å²) in [5, 5.41) is 0. The van der Waals surface area contributed by atoms with E-state index in [1.54, 1.807) is 30.3 Å². The van der Waals surface area contributed by atoms with Crippen LogP contribution < -0.4 is 0 Å². The van der Waals surface area contributed by atoms with Gasteiger partial charge in [0.2, 0.25) is 0 Å². The molecule has 4 heteroatoms. The molecule has 3 nitrogen and oxygen atoms in total. The van der Waals surface area contributed by atoms with Crippen LogP contribution in [0.3, 0.4) is 0 Å². The standard InChI is InChI=1S/C7H6O3S/c8-11(9,10)6-7-4-2-1-3-5-7/h1-6H/p+1. The Hall–Kier alpha value is -1.00. The number of benzene rings is 1. The van der Waals surface area contributed by atoms with Gasteiger partial charge in [-0.1, -0.05) is 0 Å². The zero-order valence-electron chi connectivity index (χ0n) is 5.64. The summed E-state index contributed by atoms with van der Waals surface area (Å²) in [5.74, 6) is 0.799. The molecular weight excluding hydrogens is 164 g/mol. The Labute approximate surface area is 65.4 Å². The second-order valence-electron chi connectivity index (χ2n) is 2.04. The molecular formula is C7H7O3S+. The first kappa shape index (κ1) is 8.10. The maximum atomic E-state index is 10.3. The van der Waals surface area contributed by atoms with Crippen molar-refractivity contribution in [2.24, 2.45) is 0 Å². The summed E-state index contributed by atoms with van der Waals surface area (Å²) in [7, 11) is -4.00. The van der Waals surface area contributed by atoms with Crippen molar-refractivity contribution in [3.63, 3.8) is 0 Å². The molecule has 0 saturated carbocycles. The van der Waals surface area contributed by atoms with E-state index < -0.39 is 10.1 Å². The SMILES string of the molecule is O=S(=O)(O)[CH+]c1ccccc1. The fraction of sp³-hybridized carbons (Fsp3) is 0. The van der Waals surface area contributed by atoms with Crippen molar-refractivity contribution < 1.29 is 13.0 Å². The molecule has 0 aliphatic rings. The van der Waals surface area contributed by atoms with Gasteiger partial charge < -0.3 is 0 Å². The molecule has 11 heavy (non-hydrogen) atoms. The van der Waals surface area contributed by atoms with Gasteiger partial charge in [-0.3, -0.25) is 4.55 Å². The first-order chi connectivity index (χ1) is 5.08. The zero-order chi connectivity index (χ0) is 8.32. The van der Waals surface area contributed by atoms with E-state index in [1.165, 1.54) is 0 Å². The molecule has 0 fully saturated rings. The van der Waals surface area contributed by atoms with Gasteiger partial charge in [-0.25, -0.2) is 0 Å². The monoisotopic (exact) mass is 171 g/mol. The molecule has 0 atom stereocenters. The Morgan fingerprint density at radius 1 is 1.18 bits per heavy atom. The first-order valence-electron chi connectivity index (χ1n) is 2.95. The van der Waals surface area contributed by atoms with Crippen LogP contribution in [0.15, 0.2) is 30.3 Å². The molecule has 0 saturated heterocycles. The van der Waals surface area contributed by atoms with E-state index in [9.17, 15) is 8.42 Å². The van der Waals surface area contributed by atoms with E-state index in [2.05, 4.69) is 0 Å². The van der Waals surface area contributed by atoms with Gasteiger partial charge >= 0.3 is 10.1 Å². The normalized spacial score (nSPS) is 11.0. The lowest BCUT2D eigenvalue weighted by Crippen LogP contribution is -1.97. The van der Waals surface area contributed by atoms with Crippen LogP contribution in [-0.4, -0.2) is 13.0 Å². The Balaban J connectivity index is 2.82. The Bertz CT molecular complexity index is 315. The molecule has 1 rings (SSSR count). The highest BCUT2D eigenvalue weighted by Crippen LogP contribution is 2.05. The van der Waals surface area contributed by atoms with Gasteiger partial charge in [0, 0.05) is 12.1 Å². The number of hydrogen-bond donors (Lipinski definition) is 1. The van der Waals surface area contributed by atoms with Crippen molar-refractivity contribution in [1.82, 2.24) is 0 Å². The van der Waals surface area contributed by atoms with Crippen LogP contribution in [0.25, 0.3) is 0 Å². The Morgan fingerprint density at radius 2 is 1.73 bits per heavy atom. The minimum Gasteiger partial charge on any atom is -0.272 e. The fourth-order valence-electron chi connectivity index (χ4n) is 0.704. The molecule has 1 aromatic carbocycles. The Kier molecular flexibility index (Phi) is 2.16. The van der Waals surface area contributed by atoms with Gasteiger partial charge in [-0.05, 0) is 18.2 Å². The number of rotatable bonds is 2. The van der Waals surface area contributed by atoms with E-state index in [4.69, 9.17) is 4.55 Å². The summed E-state index contributed by atoms with van der Waals surface area (Å²) >= 11 is 0. The lowest BCUT2D eigenvalue weighted by atomic mass is 10.2. The first-order valence-corrected chi connectivity index (χ1v) is 4.45. The maximum Gasteiger partial charge on any atom is 0.335 e. The molecule has 0 amide bonds. The van der Waals surface area contributed by atoms with Crippen molar-refractivity contribution in [3.05, 3.63) is 41.6 Å². The molecule has 0 heterocycles. The largest absolute Gasteiger partial charge is 0.335 e. The van der Waals surface area contributed by atoms with Gasteiger partial charge in [0.25, 0.3) is 0 Å². The number of hydrogen-bond acceptors (Lipinski definition) is 2. The smallest absolute Gasteiger partial charge is 0.272 e. The predicted octanol–water partition coefficient (Wildman–Crippen LogP) is 1.08. The lowest BCUT2D eigenvalue weighted by molar-refractivity contribution is 0.491. The van der Waals surface area contributed by atoms with Crippen LogP contribution in [0.5, 0.6) is 0 Å². The molecule has 58 valence electrons. The average molecular weight is 171 g/mol. The third-order valence-corrected chi connectivity index (χ3v) is 1.65. The molecule has 0 radical (unpaired) electrons. The lowest BCUT2D eigenvalue weighted by Gasteiger charge is -1.86. The minimum absolute atomic E-state index is 0.468.